The van der Waals surface area contributed by atoms with Gasteiger partial charge in [-0.3, -0.25) is 0 Å². The summed E-state index contributed by atoms with van der Waals surface area (Å²) in [7, 11) is 0. The van der Waals surface area contributed by atoms with Crippen LogP contribution in [0.1, 0.15) is 51.0 Å². The van der Waals surface area contributed by atoms with E-state index in [0.717, 1.165) is 12.2 Å². The van der Waals surface area contributed by atoms with Gasteiger partial charge in [-0.25, -0.2) is 0 Å². The van der Waals surface area contributed by atoms with Gasteiger partial charge in [-0.05, 0) is 24.5 Å². The molecule has 17 heavy (non-hydrogen) atoms. The number of para-hydroxylation sites is 1. The first-order valence-corrected chi connectivity index (χ1v) is 6.67. The molecular weight excluding hydrogens is 212 g/mol. The Morgan fingerprint density at radius 3 is 2.47 bits per heavy atom. The van der Waals surface area contributed by atoms with Crippen LogP contribution in [0.4, 0.5) is 0 Å². The highest BCUT2D eigenvalue weighted by Gasteiger charge is 2.02. The molecule has 0 N–H and O–H groups in total. The van der Waals surface area contributed by atoms with Crippen molar-refractivity contribution in [3.63, 3.8) is 0 Å². The van der Waals surface area contributed by atoms with Gasteiger partial charge < -0.3 is 4.74 Å². The Kier molecular flexibility index (Phi) is 7.48. The number of ether oxygens (including phenoxy) is 1. The zero-order chi connectivity index (χ0) is 12.3. The Morgan fingerprint density at radius 2 is 1.71 bits per heavy atom. The van der Waals surface area contributed by atoms with Crippen molar-refractivity contribution in [2.75, 3.05) is 6.79 Å². The van der Waals surface area contributed by atoms with Gasteiger partial charge >= 0.3 is 0 Å². The van der Waals surface area contributed by atoms with Gasteiger partial charge in [0.15, 0.2) is 0 Å². The second kappa shape index (κ2) is 9.06. The van der Waals surface area contributed by atoms with Crippen LogP contribution >= 0.6 is 0 Å². The van der Waals surface area contributed by atoms with Crippen LogP contribution in [0, 0.1) is 0 Å². The maximum atomic E-state index is 10.5. The molecule has 0 saturated carbocycles. The largest absolute Gasteiger partial charge is 0.464 e. The maximum absolute atomic E-state index is 10.5. The topological polar surface area (TPSA) is 29.1 Å². The minimum atomic E-state index is -0.493. The van der Waals surface area contributed by atoms with Gasteiger partial charge in [0.1, 0.15) is 5.75 Å². The molecule has 1 rings (SSSR count). The first-order chi connectivity index (χ1) is 8.38. The van der Waals surface area contributed by atoms with E-state index in [2.05, 4.69) is 13.0 Å². The average molecular weight is 235 g/mol. The SMILES string of the molecule is CCCCCCCCc1ccccc1OC[O]. The van der Waals surface area contributed by atoms with Crippen LogP contribution in [0.5, 0.6) is 5.75 Å². The first kappa shape index (κ1) is 14.0. The summed E-state index contributed by atoms with van der Waals surface area (Å²) in [6, 6.07) is 7.85. The van der Waals surface area contributed by atoms with Crippen molar-refractivity contribution in [1.82, 2.24) is 0 Å². The quantitative estimate of drug-likeness (QED) is 0.462. The van der Waals surface area contributed by atoms with E-state index in [9.17, 15) is 5.11 Å². The normalized spacial score (nSPS) is 10.5. The minimum absolute atomic E-state index is 0.493. The first-order valence-electron chi connectivity index (χ1n) is 6.67. The predicted octanol–water partition coefficient (Wildman–Crippen LogP) is 4.36. The van der Waals surface area contributed by atoms with Crippen molar-refractivity contribution < 1.29 is 9.84 Å². The molecule has 0 atom stereocenters. The second-order valence-corrected chi connectivity index (χ2v) is 4.39. The number of unbranched alkanes of at least 4 members (excludes halogenated alkanes) is 5. The van der Waals surface area contributed by atoms with Gasteiger partial charge in [0.05, 0.1) is 0 Å². The molecule has 2 nitrogen and oxygen atoms in total. The molecule has 1 aromatic carbocycles. The van der Waals surface area contributed by atoms with E-state index in [4.69, 9.17) is 4.74 Å². The number of hydrogen-bond donors (Lipinski definition) is 0. The summed E-state index contributed by atoms with van der Waals surface area (Å²) in [6.45, 7) is 1.74. The third-order valence-corrected chi connectivity index (χ3v) is 2.99. The lowest BCUT2D eigenvalue weighted by molar-refractivity contribution is 0.0369. The lowest BCUT2D eigenvalue weighted by Crippen LogP contribution is -1.97. The van der Waals surface area contributed by atoms with Crippen molar-refractivity contribution in [1.29, 1.82) is 0 Å². The number of aryl methyl sites for hydroxylation is 1. The molecule has 0 spiro atoms. The Hall–Kier alpha value is -1.02. The molecule has 95 valence electrons. The van der Waals surface area contributed by atoms with Crippen LogP contribution in [0.2, 0.25) is 0 Å². The molecule has 0 aliphatic carbocycles. The molecule has 0 aromatic heterocycles. The minimum Gasteiger partial charge on any atom is -0.464 e. The highest BCUT2D eigenvalue weighted by molar-refractivity contribution is 5.33. The molecule has 0 aliphatic rings. The van der Waals surface area contributed by atoms with Gasteiger partial charge in [-0.15, -0.1) is 0 Å². The van der Waals surface area contributed by atoms with Crippen LogP contribution in [0.15, 0.2) is 24.3 Å². The van der Waals surface area contributed by atoms with Crippen molar-refractivity contribution >= 4 is 0 Å². The second-order valence-electron chi connectivity index (χ2n) is 4.39. The van der Waals surface area contributed by atoms with Gasteiger partial charge in [0.2, 0.25) is 6.79 Å². The van der Waals surface area contributed by atoms with E-state index in [1.54, 1.807) is 0 Å². The summed E-state index contributed by atoms with van der Waals surface area (Å²) in [4.78, 5) is 0. The van der Waals surface area contributed by atoms with Crippen LogP contribution < -0.4 is 4.74 Å². The number of benzene rings is 1. The lowest BCUT2D eigenvalue weighted by Gasteiger charge is -2.08. The Bertz CT molecular complexity index is 297. The van der Waals surface area contributed by atoms with Gasteiger partial charge in [0.25, 0.3) is 0 Å². The molecule has 0 fully saturated rings. The van der Waals surface area contributed by atoms with Gasteiger partial charge in [0, 0.05) is 0 Å². The maximum Gasteiger partial charge on any atom is 0.221 e. The number of hydrogen-bond acceptors (Lipinski definition) is 1. The van der Waals surface area contributed by atoms with Crippen molar-refractivity contribution in [3.05, 3.63) is 29.8 Å². The average Bonchev–Trinajstić information content (AvgIpc) is 2.36. The van der Waals surface area contributed by atoms with Crippen LogP contribution in [0.25, 0.3) is 0 Å². The van der Waals surface area contributed by atoms with Crippen LogP contribution in [-0.4, -0.2) is 6.79 Å². The molecule has 1 radical (unpaired) electrons. The fourth-order valence-electron chi connectivity index (χ4n) is 2.01. The van der Waals surface area contributed by atoms with E-state index in [1.807, 2.05) is 18.2 Å². The Labute approximate surface area is 105 Å². The molecule has 0 bridgehead atoms. The molecule has 0 aliphatic heterocycles. The van der Waals surface area contributed by atoms with Crippen molar-refractivity contribution in [2.24, 2.45) is 0 Å². The van der Waals surface area contributed by atoms with E-state index in [1.165, 1.54) is 44.1 Å². The fourth-order valence-corrected chi connectivity index (χ4v) is 2.01. The Balaban J connectivity index is 2.25. The van der Waals surface area contributed by atoms with Gasteiger partial charge in [-0.1, -0.05) is 57.2 Å². The number of rotatable bonds is 9. The molecule has 0 saturated heterocycles. The highest BCUT2D eigenvalue weighted by atomic mass is 16.6. The summed E-state index contributed by atoms with van der Waals surface area (Å²) < 4.78 is 5.08. The van der Waals surface area contributed by atoms with Crippen molar-refractivity contribution in [3.8, 4) is 5.75 Å². The third-order valence-electron chi connectivity index (χ3n) is 2.99. The van der Waals surface area contributed by atoms with E-state index >= 15 is 0 Å². The lowest BCUT2D eigenvalue weighted by atomic mass is 10.0. The molecule has 1 aromatic rings. The molecular formula is C15H23O2. The third kappa shape index (κ3) is 5.73. The fraction of sp³-hybridized carbons (Fsp3) is 0.600. The van der Waals surface area contributed by atoms with Gasteiger partial charge in [-0.2, -0.15) is 5.11 Å². The summed E-state index contributed by atoms with van der Waals surface area (Å²) in [5, 5.41) is 10.5. The summed E-state index contributed by atoms with van der Waals surface area (Å²) >= 11 is 0. The summed E-state index contributed by atoms with van der Waals surface area (Å²) in [6.07, 6.45) is 8.76. The zero-order valence-electron chi connectivity index (χ0n) is 10.8. The molecule has 0 unspecified atom stereocenters. The Morgan fingerprint density at radius 1 is 1.00 bits per heavy atom. The van der Waals surface area contributed by atoms with Crippen LogP contribution in [0.3, 0.4) is 0 Å². The predicted molar refractivity (Wildman–Crippen MR) is 69.7 cm³/mol. The molecule has 0 heterocycles. The monoisotopic (exact) mass is 235 g/mol. The summed E-state index contributed by atoms with van der Waals surface area (Å²) in [5.41, 5.74) is 1.17. The van der Waals surface area contributed by atoms with Crippen LogP contribution in [-0.2, 0) is 11.5 Å². The molecule has 0 amide bonds. The summed E-state index contributed by atoms with van der Waals surface area (Å²) in [5.74, 6) is 0.760. The van der Waals surface area contributed by atoms with E-state index < -0.39 is 6.79 Å². The standard InChI is InChI=1S/C15H23O2/c1-2-3-4-5-6-7-10-14-11-8-9-12-15(14)17-13-16/h8-9,11-12H,2-7,10,13H2,1H3. The highest BCUT2D eigenvalue weighted by Crippen LogP contribution is 2.20. The van der Waals surface area contributed by atoms with E-state index in [0.29, 0.717) is 0 Å². The van der Waals surface area contributed by atoms with Crippen molar-refractivity contribution in [2.45, 2.75) is 51.9 Å². The zero-order valence-corrected chi connectivity index (χ0v) is 10.8. The molecule has 2 heteroatoms. The van der Waals surface area contributed by atoms with E-state index in [-0.39, 0.29) is 0 Å². The smallest absolute Gasteiger partial charge is 0.221 e.